The number of hydrogen-bond donors (Lipinski definition) is 2. The Morgan fingerprint density at radius 2 is 1.62 bits per heavy atom. The molecule has 3 aromatic rings. The summed E-state index contributed by atoms with van der Waals surface area (Å²) in [6.07, 6.45) is 1.85. The van der Waals surface area contributed by atoms with Crippen molar-refractivity contribution in [3.63, 3.8) is 0 Å². The Labute approximate surface area is 139 Å². The number of rotatable bonds is 3. The van der Waals surface area contributed by atoms with Gasteiger partial charge in [0.05, 0.1) is 5.69 Å². The van der Waals surface area contributed by atoms with Crippen LogP contribution in [0.15, 0.2) is 42.6 Å². The number of amides is 2. The summed E-state index contributed by atoms with van der Waals surface area (Å²) in [7, 11) is 0. The number of aromatic nitrogens is 2. The first-order valence-corrected chi connectivity index (χ1v) is 7.58. The molecule has 6 nitrogen and oxygen atoms in total. The molecular weight excluding hydrogens is 304 g/mol. The number of hydrogen-bond acceptors (Lipinski definition) is 3. The highest BCUT2D eigenvalue weighted by atomic mass is 16.2. The maximum Gasteiger partial charge on any atom is 0.274 e. The van der Waals surface area contributed by atoms with Gasteiger partial charge in [0.15, 0.2) is 0 Å². The molecule has 0 radical (unpaired) electrons. The second-order valence-corrected chi connectivity index (χ2v) is 5.69. The summed E-state index contributed by atoms with van der Waals surface area (Å²) in [5.41, 5.74) is 4.35. The van der Waals surface area contributed by atoms with Crippen molar-refractivity contribution in [2.75, 3.05) is 10.6 Å². The molecular formula is C18H18N4O2. The summed E-state index contributed by atoms with van der Waals surface area (Å²) in [4.78, 5) is 28.1. The Hall–Kier alpha value is -3.15. The fourth-order valence-electron chi connectivity index (χ4n) is 2.57. The molecule has 0 unspecified atom stereocenters. The summed E-state index contributed by atoms with van der Waals surface area (Å²) in [6, 6.07) is 10.8. The molecule has 122 valence electrons. The maximum absolute atomic E-state index is 12.6. The number of fused-ring (bicyclic) bond motifs is 1. The van der Waals surface area contributed by atoms with E-state index in [4.69, 9.17) is 0 Å². The standard InChI is InChI=1S/C18H18N4O2/c1-11-8-9-22-16(10-11)19-12(2)17(22)18(24)21-15-6-4-14(5-7-15)20-13(3)23/h4-10H,1-3H3,(H,20,23)(H,21,24). The van der Waals surface area contributed by atoms with E-state index in [1.54, 1.807) is 28.7 Å². The van der Waals surface area contributed by atoms with Crippen molar-refractivity contribution in [2.24, 2.45) is 0 Å². The van der Waals surface area contributed by atoms with Crippen molar-refractivity contribution in [3.8, 4) is 0 Å². The van der Waals surface area contributed by atoms with E-state index in [9.17, 15) is 9.59 Å². The SMILES string of the molecule is CC(=O)Nc1ccc(NC(=O)c2c(C)nc3cc(C)ccn23)cc1. The molecule has 0 fully saturated rings. The quantitative estimate of drug-likeness (QED) is 0.778. The molecule has 2 amide bonds. The van der Waals surface area contributed by atoms with Crippen LogP contribution in [0.2, 0.25) is 0 Å². The Kier molecular flexibility index (Phi) is 4.04. The van der Waals surface area contributed by atoms with E-state index in [0.29, 0.717) is 22.8 Å². The van der Waals surface area contributed by atoms with Gasteiger partial charge in [-0.2, -0.15) is 0 Å². The average molecular weight is 322 g/mol. The Balaban J connectivity index is 1.85. The van der Waals surface area contributed by atoms with E-state index >= 15 is 0 Å². The van der Waals surface area contributed by atoms with Crippen LogP contribution in [0.25, 0.3) is 5.65 Å². The molecule has 0 saturated heterocycles. The molecule has 0 aliphatic heterocycles. The predicted molar refractivity (Wildman–Crippen MR) is 93.4 cm³/mol. The monoisotopic (exact) mass is 322 g/mol. The molecule has 2 N–H and O–H groups in total. The molecule has 0 spiro atoms. The van der Waals surface area contributed by atoms with Crippen LogP contribution < -0.4 is 10.6 Å². The smallest absolute Gasteiger partial charge is 0.274 e. The number of pyridine rings is 1. The minimum Gasteiger partial charge on any atom is -0.326 e. The zero-order valence-electron chi connectivity index (χ0n) is 13.8. The number of carbonyl (C=O) groups is 2. The molecule has 0 aliphatic rings. The molecule has 2 heterocycles. The fraction of sp³-hybridized carbons (Fsp3) is 0.167. The van der Waals surface area contributed by atoms with Gasteiger partial charge in [-0.15, -0.1) is 0 Å². The van der Waals surface area contributed by atoms with Crippen LogP contribution in [0.5, 0.6) is 0 Å². The number of benzene rings is 1. The van der Waals surface area contributed by atoms with Crippen molar-refractivity contribution < 1.29 is 9.59 Å². The van der Waals surface area contributed by atoms with Crippen LogP contribution in [-0.2, 0) is 4.79 Å². The van der Waals surface area contributed by atoms with Crippen molar-refractivity contribution in [2.45, 2.75) is 20.8 Å². The summed E-state index contributed by atoms with van der Waals surface area (Å²) in [5.74, 6) is -0.362. The van der Waals surface area contributed by atoms with E-state index in [1.165, 1.54) is 6.92 Å². The van der Waals surface area contributed by atoms with E-state index in [-0.39, 0.29) is 11.8 Å². The van der Waals surface area contributed by atoms with Crippen molar-refractivity contribution >= 4 is 28.8 Å². The average Bonchev–Trinajstić information content (AvgIpc) is 2.83. The third kappa shape index (κ3) is 3.12. The molecule has 24 heavy (non-hydrogen) atoms. The van der Waals surface area contributed by atoms with Gasteiger partial charge in [-0.1, -0.05) is 0 Å². The molecule has 0 saturated carbocycles. The second kappa shape index (κ2) is 6.16. The van der Waals surface area contributed by atoms with E-state index in [2.05, 4.69) is 15.6 Å². The number of nitrogens with one attached hydrogen (secondary N) is 2. The highest BCUT2D eigenvalue weighted by molar-refractivity contribution is 6.04. The molecule has 0 bridgehead atoms. The normalized spacial score (nSPS) is 10.6. The molecule has 0 aliphatic carbocycles. The maximum atomic E-state index is 12.6. The van der Waals surface area contributed by atoms with Crippen LogP contribution in [0.3, 0.4) is 0 Å². The number of anilines is 2. The minimum atomic E-state index is -0.226. The largest absolute Gasteiger partial charge is 0.326 e. The molecule has 0 atom stereocenters. The lowest BCUT2D eigenvalue weighted by Gasteiger charge is -2.08. The van der Waals surface area contributed by atoms with Gasteiger partial charge in [0.25, 0.3) is 5.91 Å². The minimum absolute atomic E-state index is 0.136. The van der Waals surface area contributed by atoms with Crippen molar-refractivity contribution in [1.29, 1.82) is 0 Å². The Morgan fingerprint density at radius 1 is 1.00 bits per heavy atom. The summed E-state index contributed by atoms with van der Waals surface area (Å²) in [6.45, 7) is 5.25. The van der Waals surface area contributed by atoms with Gasteiger partial charge in [-0.05, 0) is 55.8 Å². The van der Waals surface area contributed by atoms with Crippen molar-refractivity contribution in [1.82, 2.24) is 9.38 Å². The Morgan fingerprint density at radius 3 is 2.25 bits per heavy atom. The molecule has 6 heteroatoms. The summed E-state index contributed by atoms with van der Waals surface area (Å²) in [5, 5.41) is 5.55. The van der Waals surface area contributed by atoms with Gasteiger partial charge in [-0.25, -0.2) is 4.98 Å². The first-order valence-electron chi connectivity index (χ1n) is 7.58. The first-order chi connectivity index (χ1) is 11.4. The Bertz CT molecular complexity index is 926. The van der Waals surface area contributed by atoms with Gasteiger partial charge in [-0.3, -0.25) is 14.0 Å². The van der Waals surface area contributed by atoms with Crippen LogP contribution in [0.4, 0.5) is 11.4 Å². The van der Waals surface area contributed by atoms with Crippen LogP contribution in [-0.4, -0.2) is 21.2 Å². The number of imidazole rings is 1. The van der Waals surface area contributed by atoms with Crippen LogP contribution in [0.1, 0.15) is 28.7 Å². The lowest BCUT2D eigenvalue weighted by atomic mass is 10.2. The molecule has 1 aromatic carbocycles. The molecule has 2 aromatic heterocycles. The number of carbonyl (C=O) groups excluding carboxylic acids is 2. The third-order valence-electron chi connectivity index (χ3n) is 3.63. The fourth-order valence-corrected chi connectivity index (χ4v) is 2.57. The first kappa shape index (κ1) is 15.7. The van der Waals surface area contributed by atoms with Crippen molar-refractivity contribution in [3.05, 3.63) is 59.5 Å². The van der Waals surface area contributed by atoms with Gasteiger partial charge in [0, 0.05) is 24.5 Å². The van der Waals surface area contributed by atoms with E-state index in [0.717, 1.165) is 11.2 Å². The second-order valence-electron chi connectivity index (χ2n) is 5.69. The zero-order chi connectivity index (χ0) is 17.3. The topological polar surface area (TPSA) is 75.5 Å². The highest BCUT2D eigenvalue weighted by Crippen LogP contribution is 2.17. The van der Waals surface area contributed by atoms with Gasteiger partial charge < -0.3 is 10.6 Å². The zero-order valence-corrected chi connectivity index (χ0v) is 13.8. The van der Waals surface area contributed by atoms with Gasteiger partial charge in [0.1, 0.15) is 11.3 Å². The summed E-state index contributed by atoms with van der Waals surface area (Å²) >= 11 is 0. The van der Waals surface area contributed by atoms with Crippen LogP contribution in [0, 0.1) is 13.8 Å². The number of nitrogens with zero attached hydrogens (tertiary/aromatic N) is 2. The third-order valence-corrected chi connectivity index (χ3v) is 3.63. The molecule has 3 rings (SSSR count). The lowest BCUT2D eigenvalue weighted by Crippen LogP contribution is -2.15. The van der Waals surface area contributed by atoms with Gasteiger partial charge in [0.2, 0.25) is 5.91 Å². The number of aryl methyl sites for hydroxylation is 2. The lowest BCUT2D eigenvalue weighted by molar-refractivity contribution is -0.114. The van der Waals surface area contributed by atoms with Gasteiger partial charge >= 0.3 is 0 Å². The van der Waals surface area contributed by atoms with E-state index < -0.39 is 0 Å². The van der Waals surface area contributed by atoms with E-state index in [1.807, 2.05) is 32.2 Å². The highest BCUT2D eigenvalue weighted by Gasteiger charge is 2.16. The predicted octanol–water partition coefficient (Wildman–Crippen LogP) is 3.16. The summed E-state index contributed by atoms with van der Waals surface area (Å²) < 4.78 is 1.78. The van der Waals surface area contributed by atoms with Crippen LogP contribution >= 0.6 is 0 Å².